The van der Waals surface area contributed by atoms with E-state index in [0.29, 0.717) is 19.3 Å². The summed E-state index contributed by atoms with van der Waals surface area (Å²) in [6.45, 7) is 8.82. The molecule has 1 aliphatic carbocycles. The van der Waals surface area contributed by atoms with E-state index < -0.39 is 12.9 Å². The second kappa shape index (κ2) is 24.2. The zero-order valence-electron chi connectivity index (χ0n) is 23.0. The van der Waals surface area contributed by atoms with Crippen molar-refractivity contribution < 1.29 is 49.6 Å². The maximum atomic E-state index is 12.4. The van der Waals surface area contributed by atoms with Crippen molar-refractivity contribution in [2.75, 3.05) is 13.1 Å². The van der Waals surface area contributed by atoms with E-state index in [2.05, 4.69) is 33.8 Å². The third kappa shape index (κ3) is 15.2. The molecule has 1 fully saturated rings. The molecule has 221 valence electrons. The second-order valence-corrected chi connectivity index (χ2v) is 9.02. The fourth-order valence-corrected chi connectivity index (χ4v) is 4.60. The minimum atomic E-state index is -1.47. The molecule has 40 heavy (non-hydrogen) atoms. The molecule has 2 aromatic heterocycles. The van der Waals surface area contributed by atoms with Gasteiger partial charge in [-0.1, -0.05) is 31.4 Å². The van der Waals surface area contributed by atoms with E-state index in [1.807, 2.05) is 36.4 Å². The van der Waals surface area contributed by atoms with E-state index in [4.69, 9.17) is 9.59 Å². The number of nitrogens with zero attached hydrogens (tertiary/aromatic N) is 3. The molecule has 12 heteroatoms. The van der Waals surface area contributed by atoms with Gasteiger partial charge < -0.3 is 32.4 Å². The summed E-state index contributed by atoms with van der Waals surface area (Å²) < 4.78 is 0. The number of hydrogen-bond donors (Lipinski definition) is 3. The molecule has 1 saturated carbocycles. The van der Waals surface area contributed by atoms with Crippen LogP contribution in [0, 0.1) is 13.3 Å². The Morgan fingerprint density at radius 3 is 2.00 bits per heavy atom. The number of hydrogen-bond acceptors (Lipinski definition) is 9. The largest absolute Gasteiger partial charge is 0.545 e. The molecule has 2 aromatic rings. The minimum absolute atomic E-state index is 0. The smallest absolute Gasteiger partial charge is 0.455 e. The van der Waals surface area contributed by atoms with Crippen LogP contribution in [0.15, 0.2) is 48.8 Å². The van der Waals surface area contributed by atoms with E-state index in [0.717, 1.165) is 56.7 Å². The van der Waals surface area contributed by atoms with E-state index in [1.165, 1.54) is 0 Å². The van der Waals surface area contributed by atoms with Gasteiger partial charge in [0.1, 0.15) is 0 Å². The van der Waals surface area contributed by atoms with E-state index in [9.17, 15) is 19.6 Å². The van der Waals surface area contributed by atoms with Crippen LogP contribution in [-0.4, -0.2) is 70.4 Å². The Morgan fingerprint density at radius 1 is 0.925 bits per heavy atom. The van der Waals surface area contributed by atoms with Gasteiger partial charge in [-0.25, -0.2) is 0 Å². The van der Waals surface area contributed by atoms with Crippen LogP contribution in [0.5, 0.6) is 0 Å². The first-order chi connectivity index (χ1) is 18.5. The molecule has 3 N–H and O–H groups in total. The van der Waals surface area contributed by atoms with Crippen molar-refractivity contribution >= 4 is 32.4 Å². The van der Waals surface area contributed by atoms with Gasteiger partial charge in [0.05, 0.1) is 17.9 Å². The number of nitrogens with one attached hydrogen (secondary N) is 1. The van der Waals surface area contributed by atoms with Gasteiger partial charge in [-0.15, -0.1) is 0 Å². The summed E-state index contributed by atoms with van der Waals surface area (Å²) in [6.07, 6.45) is 8.70. The Kier molecular flexibility index (Phi) is 23.9. The predicted molar refractivity (Wildman–Crippen MR) is 150 cm³/mol. The number of pyridine rings is 2. The fraction of sp³-hybridized carbons (Fsp3) is 0.464. The molecule has 1 radical (unpaired) electrons. The van der Waals surface area contributed by atoms with Gasteiger partial charge in [0.25, 0.3) is 0 Å². The van der Waals surface area contributed by atoms with Crippen LogP contribution < -0.4 is 5.32 Å². The van der Waals surface area contributed by atoms with E-state index in [-0.39, 0.29) is 52.0 Å². The topological polar surface area (TPSA) is 150 Å². The van der Waals surface area contributed by atoms with Gasteiger partial charge >= 0.3 is 7.12 Å². The summed E-state index contributed by atoms with van der Waals surface area (Å²) in [7, 11) is -1.47. The van der Waals surface area contributed by atoms with Crippen LogP contribution in [0.25, 0.3) is 0 Å². The van der Waals surface area contributed by atoms with Crippen molar-refractivity contribution in [3.8, 4) is 0 Å². The molecule has 0 aromatic carbocycles. The first kappa shape index (κ1) is 39.5. The van der Waals surface area contributed by atoms with Crippen molar-refractivity contribution in [3.63, 3.8) is 0 Å². The Bertz CT molecular complexity index is 886. The van der Waals surface area contributed by atoms with Crippen LogP contribution in [0.2, 0.25) is 5.82 Å². The van der Waals surface area contributed by atoms with Crippen molar-refractivity contribution in [2.45, 2.75) is 63.9 Å². The zero-order chi connectivity index (χ0) is 28.2. The molecule has 0 aliphatic heterocycles. The van der Waals surface area contributed by atoms with Crippen LogP contribution in [0.1, 0.15) is 56.3 Å². The Hall–Kier alpha value is -2.61. The molecule has 1 aliphatic rings. The van der Waals surface area contributed by atoms with Gasteiger partial charge in [-0.3, -0.25) is 38.0 Å². The summed E-state index contributed by atoms with van der Waals surface area (Å²) in [5.41, 5.74) is 2.03. The molecule has 10 nitrogen and oxygen atoms in total. The van der Waals surface area contributed by atoms with Crippen LogP contribution in [-0.2, 0) is 52.7 Å². The average molecular weight is 726 g/mol. The number of carbonyl (C=O) groups excluding carboxylic acids is 4. The zero-order valence-corrected chi connectivity index (χ0v) is 25.7. The molecular formula is C28H40BN4O6Re-3. The molecule has 0 saturated heterocycles. The third-order valence-electron chi connectivity index (χ3n) is 6.43. The number of carbonyl (C=O) groups is 2. The van der Waals surface area contributed by atoms with Crippen molar-refractivity contribution in [2.24, 2.45) is 5.92 Å². The molecule has 2 heterocycles. The average Bonchev–Trinajstić information content (AvgIpc) is 3.46. The number of unbranched alkanes of at least 4 members (excludes halogenated alkanes) is 2. The van der Waals surface area contributed by atoms with E-state index >= 15 is 0 Å². The maximum absolute atomic E-state index is 12.4. The van der Waals surface area contributed by atoms with Crippen molar-refractivity contribution in [3.05, 3.63) is 67.6 Å². The Balaban J connectivity index is 0. The van der Waals surface area contributed by atoms with E-state index in [1.54, 1.807) is 12.4 Å². The molecule has 0 bridgehead atoms. The SMILES string of the molecule is O=C(CCCCCN(Cc1ccccn1)Cc1ccccn1)NCC(=O)C1CCCC1B(O)O.[CH-]=O.[CH-]=O.[CH3-].[Re]. The summed E-state index contributed by atoms with van der Waals surface area (Å²) >= 11 is 0. The maximum Gasteiger partial charge on any atom is 0.455 e. The standard InChI is InChI=1S/C25H35BN4O4.2CHO.CH3.Re/c31-24(22-11-8-12-23(22)26(33)34)17-29-25(32)13-2-1-7-16-30(18-20-9-3-5-14-27-20)19-21-10-4-6-15-28-21;2*1-2;;/h3-6,9-10,14-15,22-23,33-34H,1-2,7-8,11-13,16-19H2,(H,29,32);2*1H;1H3;/q;3*-1;. The summed E-state index contributed by atoms with van der Waals surface area (Å²) in [6, 6.07) is 11.8. The third-order valence-corrected chi connectivity index (χ3v) is 6.43. The van der Waals surface area contributed by atoms with Crippen LogP contribution in [0.4, 0.5) is 0 Å². The fourth-order valence-electron chi connectivity index (χ4n) is 4.60. The summed E-state index contributed by atoms with van der Waals surface area (Å²) in [4.78, 5) is 51.2. The second-order valence-electron chi connectivity index (χ2n) is 9.02. The minimum Gasteiger partial charge on any atom is -0.545 e. The Labute approximate surface area is 252 Å². The van der Waals surface area contributed by atoms with Gasteiger partial charge in [0.15, 0.2) is 5.78 Å². The van der Waals surface area contributed by atoms with Crippen LogP contribution >= 0.6 is 0 Å². The monoisotopic (exact) mass is 726 g/mol. The van der Waals surface area contributed by atoms with Crippen molar-refractivity contribution in [1.29, 1.82) is 0 Å². The first-order valence-corrected chi connectivity index (χ1v) is 12.7. The van der Waals surface area contributed by atoms with Gasteiger partial charge in [0, 0.05) is 64.1 Å². The normalized spacial score (nSPS) is 15.2. The number of amides is 1. The Morgan fingerprint density at radius 2 is 1.50 bits per heavy atom. The molecule has 3 rings (SSSR count). The van der Waals surface area contributed by atoms with Crippen molar-refractivity contribution in [1.82, 2.24) is 20.2 Å². The molecule has 1 amide bonds. The number of aromatic nitrogens is 2. The van der Waals surface area contributed by atoms with Gasteiger partial charge in [0.2, 0.25) is 5.91 Å². The van der Waals surface area contributed by atoms with Gasteiger partial charge in [-0.2, -0.15) is 0 Å². The predicted octanol–water partition coefficient (Wildman–Crippen LogP) is 2.27. The summed E-state index contributed by atoms with van der Waals surface area (Å²) in [5, 5.41) is 21.6. The molecule has 0 spiro atoms. The van der Waals surface area contributed by atoms with Crippen LogP contribution in [0.3, 0.4) is 0 Å². The number of Topliss-reactive ketones (excluding diaryl/α,β-unsaturated/α-hetero) is 1. The molecular weight excluding hydrogens is 685 g/mol. The number of rotatable bonds is 14. The quantitative estimate of drug-likeness (QED) is 0.115. The first-order valence-electron chi connectivity index (χ1n) is 12.7. The molecule has 2 atom stereocenters. The molecule has 2 unspecified atom stereocenters. The van der Waals surface area contributed by atoms with Gasteiger partial charge in [-0.05, 0) is 50.1 Å². The summed E-state index contributed by atoms with van der Waals surface area (Å²) in [5.74, 6) is -1.02. The number of ketones is 1.